The SMILES string of the molecule is CCC(C)NC(=O)c1ccc(N2CCNCC2)c(NS(=O)(=O)c2cccc(C)c2)c1. The number of hydrogen-bond acceptors (Lipinski definition) is 5. The summed E-state index contributed by atoms with van der Waals surface area (Å²) in [6.45, 7) is 8.95. The van der Waals surface area contributed by atoms with Crippen molar-refractivity contribution in [3.05, 3.63) is 53.6 Å². The summed E-state index contributed by atoms with van der Waals surface area (Å²) in [6, 6.07) is 12.0. The minimum absolute atomic E-state index is 0.0396. The first kappa shape index (κ1) is 22.1. The summed E-state index contributed by atoms with van der Waals surface area (Å²) in [5.41, 5.74) is 2.47. The van der Waals surface area contributed by atoms with E-state index in [0.29, 0.717) is 11.3 Å². The van der Waals surface area contributed by atoms with Gasteiger partial charge in [0, 0.05) is 37.8 Å². The lowest BCUT2D eigenvalue weighted by Crippen LogP contribution is -2.43. The molecule has 8 heteroatoms. The monoisotopic (exact) mass is 430 g/mol. The number of carbonyl (C=O) groups excluding carboxylic acids is 1. The minimum Gasteiger partial charge on any atom is -0.367 e. The van der Waals surface area contributed by atoms with Crippen LogP contribution in [0.2, 0.25) is 0 Å². The van der Waals surface area contributed by atoms with E-state index < -0.39 is 10.0 Å². The average molecular weight is 431 g/mol. The van der Waals surface area contributed by atoms with Crippen molar-refractivity contribution in [2.75, 3.05) is 35.8 Å². The van der Waals surface area contributed by atoms with Crippen molar-refractivity contribution in [3.63, 3.8) is 0 Å². The maximum atomic E-state index is 13.1. The number of piperazine rings is 1. The summed E-state index contributed by atoms with van der Waals surface area (Å²) >= 11 is 0. The molecule has 0 spiro atoms. The fourth-order valence-electron chi connectivity index (χ4n) is 3.34. The van der Waals surface area contributed by atoms with Gasteiger partial charge in [0.15, 0.2) is 0 Å². The van der Waals surface area contributed by atoms with Crippen LogP contribution in [-0.4, -0.2) is 46.5 Å². The van der Waals surface area contributed by atoms with Gasteiger partial charge in [-0.1, -0.05) is 19.1 Å². The summed E-state index contributed by atoms with van der Waals surface area (Å²) in [4.78, 5) is 14.9. The van der Waals surface area contributed by atoms with Crippen LogP contribution in [0.1, 0.15) is 36.2 Å². The zero-order valence-electron chi connectivity index (χ0n) is 17.7. The average Bonchev–Trinajstić information content (AvgIpc) is 2.74. The highest BCUT2D eigenvalue weighted by Gasteiger charge is 2.21. The van der Waals surface area contributed by atoms with Crippen molar-refractivity contribution in [2.45, 2.75) is 38.1 Å². The number of hydrogen-bond donors (Lipinski definition) is 3. The number of aryl methyl sites for hydroxylation is 1. The van der Waals surface area contributed by atoms with E-state index >= 15 is 0 Å². The molecule has 3 N–H and O–H groups in total. The molecule has 162 valence electrons. The third-order valence-corrected chi connectivity index (χ3v) is 6.61. The van der Waals surface area contributed by atoms with Crippen molar-refractivity contribution in [1.29, 1.82) is 0 Å². The van der Waals surface area contributed by atoms with E-state index in [1.807, 2.05) is 32.9 Å². The molecule has 0 radical (unpaired) electrons. The molecule has 1 unspecified atom stereocenters. The van der Waals surface area contributed by atoms with Gasteiger partial charge in [0.05, 0.1) is 16.3 Å². The molecule has 1 aliphatic heterocycles. The molecule has 0 bridgehead atoms. The molecule has 2 aromatic carbocycles. The lowest BCUT2D eigenvalue weighted by atomic mass is 10.1. The molecule has 1 atom stereocenters. The Balaban J connectivity index is 1.97. The first-order valence-electron chi connectivity index (χ1n) is 10.3. The Morgan fingerprint density at radius 3 is 2.57 bits per heavy atom. The first-order chi connectivity index (χ1) is 14.3. The van der Waals surface area contributed by atoms with Gasteiger partial charge in [-0.05, 0) is 56.2 Å². The van der Waals surface area contributed by atoms with Crippen molar-refractivity contribution < 1.29 is 13.2 Å². The predicted octanol–water partition coefficient (Wildman–Crippen LogP) is 2.73. The van der Waals surface area contributed by atoms with Crippen LogP contribution in [0.3, 0.4) is 0 Å². The highest BCUT2D eigenvalue weighted by Crippen LogP contribution is 2.30. The number of rotatable bonds is 7. The second-order valence-electron chi connectivity index (χ2n) is 7.67. The van der Waals surface area contributed by atoms with E-state index in [0.717, 1.165) is 43.9 Å². The Morgan fingerprint density at radius 1 is 1.17 bits per heavy atom. The molecule has 0 saturated carbocycles. The molecule has 1 fully saturated rings. The Labute approximate surface area is 178 Å². The van der Waals surface area contributed by atoms with Crippen LogP contribution in [0.5, 0.6) is 0 Å². The fourth-order valence-corrected chi connectivity index (χ4v) is 4.51. The van der Waals surface area contributed by atoms with Gasteiger partial charge >= 0.3 is 0 Å². The maximum absolute atomic E-state index is 13.1. The van der Waals surface area contributed by atoms with Crippen LogP contribution >= 0.6 is 0 Å². The summed E-state index contributed by atoms with van der Waals surface area (Å²) < 4.78 is 28.8. The summed E-state index contributed by atoms with van der Waals surface area (Å²) in [6.07, 6.45) is 0.817. The third-order valence-electron chi connectivity index (χ3n) is 5.25. The molecular weight excluding hydrogens is 400 g/mol. The minimum atomic E-state index is -3.79. The van der Waals surface area contributed by atoms with Crippen LogP contribution in [0, 0.1) is 6.92 Å². The van der Waals surface area contributed by atoms with Gasteiger partial charge in [0.25, 0.3) is 15.9 Å². The van der Waals surface area contributed by atoms with E-state index in [9.17, 15) is 13.2 Å². The Hall–Kier alpha value is -2.58. The van der Waals surface area contributed by atoms with Gasteiger partial charge in [-0.3, -0.25) is 9.52 Å². The lowest BCUT2D eigenvalue weighted by Gasteiger charge is -2.31. The van der Waals surface area contributed by atoms with Gasteiger partial charge < -0.3 is 15.5 Å². The number of sulfonamides is 1. The van der Waals surface area contributed by atoms with E-state index in [1.165, 1.54) is 0 Å². The Bertz CT molecular complexity index is 1000. The van der Waals surface area contributed by atoms with Crippen LogP contribution < -0.4 is 20.3 Å². The van der Waals surface area contributed by atoms with E-state index in [-0.39, 0.29) is 16.8 Å². The molecule has 3 rings (SSSR count). The molecule has 0 aliphatic carbocycles. The topological polar surface area (TPSA) is 90.5 Å². The van der Waals surface area contributed by atoms with Crippen LogP contribution in [-0.2, 0) is 10.0 Å². The Kier molecular flexibility index (Phi) is 6.99. The fraction of sp³-hybridized carbons (Fsp3) is 0.409. The van der Waals surface area contributed by atoms with Crippen molar-refractivity contribution in [3.8, 4) is 0 Å². The van der Waals surface area contributed by atoms with Crippen LogP contribution in [0.15, 0.2) is 47.4 Å². The number of carbonyl (C=O) groups is 1. The normalized spacial score (nSPS) is 15.5. The van der Waals surface area contributed by atoms with Crippen LogP contribution in [0.25, 0.3) is 0 Å². The summed E-state index contributed by atoms with van der Waals surface area (Å²) in [7, 11) is -3.79. The van der Waals surface area contributed by atoms with Gasteiger partial charge in [-0.25, -0.2) is 8.42 Å². The molecule has 1 heterocycles. The van der Waals surface area contributed by atoms with Gasteiger partial charge in [0.1, 0.15) is 0 Å². The number of nitrogens with zero attached hydrogens (tertiary/aromatic N) is 1. The Morgan fingerprint density at radius 2 is 1.90 bits per heavy atom. The standard InChI is InChI=1S/C22H30N4O3S/c1-4-17(3)24-22(27)18-8-9-21(26-12-10-23-11-13-26)20(15-18)25-30(28,29)19-7-5-6-16(2)14-19/h5-9,14-15,17,23,25H,4,10-13H2,1-3H3,(H,24,27). The van der Waals surface area contributed by atoms with Crippen molar-refractivity contribution >= 4 is 27.3 Å². The molecule has 7 nitrogen and oxygen atoms in total. The number of nitrogens with one attached hydrogen (secondary N) is 3. The summed E-state index contributed by atoms with van der Waals surface area (Å²) in [5.74, 6) is -0.216. The largest absolute Gasteiger partial charge is 0.367 e. The van der Waals surface area contributed by atoms with Gasteiger partial charge in [0.2, 0.25) is 0 Å². The third kappa shape index (κ3) is 5.31. The molecule has 1 amide bonds. The number of anilines is 2. The van der Waals surface area contributed by atoms with E-state index in [1.54, 1.807) is 30.3 Å². The second kappa shape index (κ2) is 9.49. The van der Waals surface area contributed by atoms with Crippen molar-refractivity contribution in [1.82, 2.24) is 10.6 Å². The quantitative estimate of drug-likeness (QED) is 0.628. The number of benzene rings is 2. The molecule has 2 aromatic rings. The highest BCUT2D eigenvalue weighted by atomic mass is 32.2. The highest BCUT2D eigenvalue weighted by molar-refractivity contribution is 7.92. The molecule has 0 aromatic heterocycles. The summed E-state index contributed by atoms with van der Waals surface area (Å²) in [5, 5.41) is 6.23. The van der Waals surface area contributed by atoms with E-state index in [2.05, 4.69) is 20.3 Å². The van der Waals surface area contributed by atoms with Gasteiger partial charge in [-0.15, -0.1) is 0 Å². The zero-order valence-corrected chi connectivity index (χ0v) is 18.6. The van der Waals surface area contributed by atoms with E-state index in [4.69, 9.17) is 0 Å². The lowest BCUT2D eigenvalue weighted by molar-refractivity contribution is 0.0939. The molecule has 1 aliphatic rings. The maximum Gasteiger partial charge on any atom is 0.261 e. The molecule has 1 saturated heterocycles. The van der Waals surface area contributed by atoms with Crippen LogP contribution in [0.4, 0.5) is 11.4 Å². The molecular formula is C22H30N4O3S. The van der Waals surface area contributed by atoms with Crippen molar-refractivity contribution in [2.24, 2.45) is 0 Å². The smallest absolute Gasteiger partial charge is 0.261 e. The first-order valence-corrected chi connectivity index (χ1v) is 11.8. The second-order valence-corrected chi connectivity index (χ2v) is 9.36. The molecule has 30 heavy (non-hydrogen) atoms. The predicted molar refractivity (Wildman–Crippen MR) is 121 cm³/mol. The zero-order chi connectivity index (χ0) is 21.7. The number of amides is 1. The van der Waals surface area contributed by atoms with Gasteiger partial charge in [-0.2, -0.15) is 0 Å².